The van der Waals surface area contributed by atoms with Crippen molar-refractivity contribution >= 4 is 16.0 Å². The average molecular weight is 248 g/mol. The molecular weight excluding hydrogens is 232 g/mol. The monoisotopic (exact) mass is 248 g/mol. The van der Waals surface area contributed by atoms with Crippen molar-refractivity contribution in [1.82, 2.24) is 4.72 Å². The predicted molar refractivity (Wildman–Crippen MR) is 59.8 cm³/mol. The third kappa shape index (κ3) is 9.45. The molecule has 0 spiro atoms. The lowest BCUT2D eigenvalue weighted by molar-refractivity contribution is -0.143. The van der Waals surface area contributed by atoms with E-state index in [1.807, 2.05) is 0 Å². The standard InChI is InChI=1S/C9H16N2O4S/c1-3-15-9(12)7-8(10)5-4-6-11-16(2,13)14/h8,11H,3,6-7,10H2,1-2H3. The minimum atomic E-state index is -3.24. The lowest BCUT2D eigenvalue weighted by atomic mass is 10.2. The highest BCUT2D eigenvalue weighted by atomic mass is 32.2. The zero-order chi connectivity index (χ0) is 12.6. The summed E-state index contributed by atoms with van der Waals surface area (Å²) >= 11 is 0. The van der Waals surface area contributed by atoms with Crippen molar-refractivity contribution in [3.8, 4) is 11.8 Å². The molecule has 16 heavy (non-hydrogen) atoms. The van der Waals surface area contributed by atoms with E-state index in [9.17, 15) is 13.2 Å². The summed E-state index contributed by atoms with van der Waals surface area (Å²) < 4.78 is 28.2. The van der Waals surface area contributed by atoms with E-state index in [0.29, 0.717) is 6.61 Å². The van der Waals surface area contributed by atoms with E-state index in [-0.39, 0.29) is 13.0 Å². The summed E-state index contributed by atoms with van der Waals surface area (Å²) in [5.74, 6) is 4.64. The summed E-state index contributed by atoms with van der Waals surface area (Å²) in [6, 6.07) is -0.639. The first-order valence-electron chi connectivity index (χ1n) is 4.69. The van der Waals surface area contributed by atoms with Crippen LogP contribution in [0.15, 0.2) is 0 Å². The lowest BCUT2D eigenvalue weighted by Crippen LogP contribution is -2.25. The number of nitrogens with two attached hydrogens (primary N) is 1. The zero-order valence-corrected chi connectivity index (χ0v) is 10.1. The van der Waals surface area contributed by atoms with E-state index in [1.54, 1.807) is 6.92 Å². The maximum Gasteiger partial charge on any atom is 0.308 e. The molecule has 3 N–H and O–H groups in total. The summed E-state index contributed by atoms with van der Waals surface area (Å²) in [5.41, 5.74) is 5.50. The van der Waals surface area contributed by atoms with Crippen LogP contribution >= 0.6 is 0 Å². The Kier molecular flexibility index (Phi) is 6.72. The third-order valence-corrected chi connectivity index (χ3v) is 2.07. The maximum absolute atomic E-state index is 11.0. The minimum Gasteiger partial charge on any atom is -0.466 e. The summed E-state index contributed by atoms with van der Waals surface area (Å²) in [6.45, 7) is 1.98. The highest BCUT2D eigenvalue weighted by Crippen LogP contribution is 1.90. The van der Waals surface area contributed by atoms with Crippen LogP contribution in [0.5, 0.6) is 0 Å². The van der Waals surface area contributed by atoms with Crippen LogP contribution in [0.4, 0.5) is 0 Å². The van der Waals surface area contributed by atoms with Gasteiger partial charge in [0.1, 0.15) is 0 Å². The van der Waals surface area contributed by atoms with Gasteiger partial charge in [0.05, 0.1) is 31.9 Å². The fourth-order valence-electron chi connectivity index (χ4n) is 0.800. The Morgan fingerprint density at radius 1 is 1.56 bits per heavy atom. The first-order chi connectivity index (χ1) is 7.35. The molecule has 0 aliphatic rings. The van der Waals surface area contributed by atoms with Crippen LogP contribution in [0.2, 0.25) is 0 Å². The number of nitrogens with one attached hydrogen (secondary N) is 1. The Morgan fingerprint density at radius 2 is 2.19 bits per heavy atom. The fourth-order valence-corrected chi connectivity index (χ4v) is 1.13. The van der Waals surface area contributed by atoms with Crippen LogP contribution < -0.4 is 10.5 Å². The van der Waals surface area contributed by atoms with Crippen molar-refractivity contribution in [2.24, 2.45) is 5.73 Å². The Bertz CT molecular complexity index is 380. The number of esters is 1. The second kappa shape index (κ2) is 7.22. The second-order valence-corrected chi connectivity index (χ2v) is 4.86. The summed E-state index contributed by atoms with van der Waals surface area (Å²) in [7, 11) is -3.24. The number of carbonyl (C=O) groups is 1. The smallest absolute Gasteiger partial charge is 0.308 e. The minimum absolute atomic E-state index is 0.000283. The van der Waals surface area contributed by atoms with Crippen LogP contribution in [-0.2, 0) is 19.6 Å². The number of rotatable bonds is 5. The Morgan fingerprint density at radius 3 is 2.69 bits per heavy atom. The summed E-state index contributed by atoms with van der Waals surface area (Å²) in [6.07, 6.45) is 1.03. The highest BCUT2D eigenvalue weighted by molar-refractivity contribution is 7.88. The first kappa shape index (κ1) is 14.9. The molecule has 0 amide bonds. The molecule has 6 nitrogen and oxygen atoms in total. The van der Waals surface area contributed by atoms with Crippen molar-refractivity contribution in [2.45, 2.75) is 19.4 Å². The Hall–Kier alpha value is -1.10. The molecule has 7 heteroatoms. The molecule has 0 radical (unpaired) electrons. The molecule has 92 valence electrons. The lowest BCUT2D eigenvalue weighted by Gasteiger charge is -2.03. The van der Waals surface area contributed by atoms with Gasteiger partial charge in [-0.25, -0.2) is 13.1 Å². The molecule has 0 aromatic rings. The topological polar surface area (TPSA) is 98.5 Å². The molecule has 1 unspecified atom stereocenters. The fraction of sp³-hybridized carbons (Fsp3) is 0.667. The molecule has 1 atom stereocenters. The van der Waals surface area contributed by atoms with Gasteiger partial charge >= 0.3 is 5.97 Å². The van der Waals surface area contributed by atoms with Crippen molar-refractivity contribution in [3.63, 3.8) is 0 Å². The first-order valence-corrected chi connectivity index (χ1v) is 6.58. The molecule has 0 aliphatic heterocycles. The summed E-state index contributed by atoms with van der Waals surface area (Å²) in [5, 5.41) is 0. The average Bonchev–Trinajstić information content (AvgIpc) is 2.11. The van der Waals surface area contributed by atoms with Gasteiger partial charge in [-0.3, -0.25) is 4.79 Å². The molecule has 0 fully saturated rings. The van der Waals surface area contributed by atoms with Gasteiger partial charge in [-0.05, 0) is 6.92 Å². The molecule has 0 bridgehead atoms. The molecule has 0 saturated carbocycles. The molecule has 0 heterocycles. The normalized spacial score (nSPS) is 12.4. The number of hydrogen-bond donors (Lipinski definition) is 2. The Balaban J connectivity index is 3.92. The van der Waals surface area contributed by atoms with Gasteiger partial charge in [0.15, 0.2) is 0 Å². The van der Waals surface area contributed by atoms with Crippen LogP contribution in [0.1, 0.15) is 13.3 Å². The van der Waals surface area contributed by atoms with Gasteiger partial charge in [-0.1, -0.05) is 11.8 Å². The quantitative estimate of drug-likeness (QED) is 0.471. The molecular formula is C9H16N2O4S. The van der Waals surface area contributed by atoms with E-state index >= 15 is 0 Å². The number of carbonyl (C=O) groups excluding carboxylic acids is 1. The maximum atomic E-state index is 11.0. The van der Waals surface area contributed by atoms with E-state index in [4.69, 9.17) is 5.73 Å². The van der Waals surface area contributed by atoms with E-state index in [2.05, 4.69) is 21.3 Å². The van der Waals surface area contributed by atoms with Crippen LogP contribution in [0.25, 0.3) is 0 Å². The van der Waals surface area contributed by atoms with Crippen molar-refractivity contribution in [2.75, 3.05) is 19.4 Å². The van der Waals surface area contributed by atoms with Crippen LogP contribution in [0.3, 0.4) is 0 Å². The van der Waals surface area contributed by atoms with Gasteiger partial charge in [0.25, 0.3) is 0 Å². The SMILES string of the molecule is CCOC(=O)CC(N)C#CCNS(C)(=O)=O. The van der Waals surface area contributed by atoms with E-state index < -0.39 is 22.0 Å². The van der Waals surface area contributed by atoms with Gasteiger partial charge < -0.3 is 10.5 Å². The number of hydrogen-bond acceptors (Lipinski definition) is 5. The number of sulfonamides is 1. The van der Waals surface area contributed by atoms with Gasteiger partial charge in [-0.15, -0.1) is 0 Å². The molecule has 0 rings (SSSR count). The van der Waals surface area contributed by atoms with Crippen LogP contribution in [-0.4, -0.2) is 39.8 Å². The number of ether oxygens (including phenoxy) is 1. The zero-order valence-electron chi connectivity index (χ0n) is 9.32. The third-order valence-electron chi connectivity index (χ3n) is 1.40. The van der Waals surface area contributed by atoms with Crippen molar-refractivity contribution in [1.29, 1.82) is 0 Å². The largest absolute Gasteiger partial charge is 0.466 e. The van der Waals surface area contributed by atoms with Gasteiger partial charge in [-0.2, -0.15) is 0 Å². The highest BCUT2D eigenvalue weighted by Gasteiger charge is 2.06. The van der Waals surface area contributed by atoms with Gasteiger partial charge in [0, 0.05) is 0 Å². The van der Waals surface area contributed by atoms with Crippen molar-refractivity contribution in [3.05, 3.63) is 0 Å². The van der Waals surface area contributed by atoms with Gasteiger partial charge in [0.2, 0.25) is 10.0 Å². The Labute approximate surface area is 95.6 Å². The molecule has 0 aliphatic carbocycles. The van der Waals surface area contributed by atoms with Crippen molar-refractivity contribution < 1.29 is 17.9 Å². The summed E-state index contributed by atoms with van der Waals surface area (Å²) in [4.78, 5) is 11.0. The molecule has 0 aromatic heterocycles. The van der Waals surface area contributed by atoms with E-state index in [1.165, 1.54) is 0 Å². The predicted octanol–water partition coefficient (Wildman–Crippen LogP) is -1.18. The molecule has 0 aromatic carbocycles. The second-order valence-electron chi connectivity index (χ2n) is 3.03. The van der Waals surface area contributed by atoms with Crippen LogP contribution in [0, 0.1) is 11.8 Å². The molecule has 0 saturated heterocycles. The van der Waals surface area contributed by atoms with E-state index in [0.717, 1.165) is 6.26 Å².